The number of hydrogen-bond acceptors (Lipinski definition) is 4. The van der Waals surface area contributed by atoms with Crippen LogP contribution in [0.4, 0.5) is 0 Å². The fraction of sp³-hybridized carbons (Fsp3) is 0.714. The maximum absolute atomic E-state index is 10.7. The summed E-state index contributed by atoms with van der Waals surface area (Å²) >= 11 is 0. The molecule has 4 nitrogen and oxygen atoms in total. The van der Waals surface area contributed by atoms with Crippen LogP contribution in [0.3, 0.4) is 0 Å². The fourth-order valence-corrected chi connectivity index (χ4v) is 3.03. The highest BCUT2D eigenvalue weighted by Gasteiger charge is 2.52. The molecular formula is C14H20N2O2. The van der Waals surface area contributed by atoms with E-state index >= 15 is 0 Å². The van der Waals surface area contributed by atoms with Crippen molar-refractivity contribution in [2.24, 2.45) is 21.3 Å². The van der Waals surface area contributed by atoms with Gasteiger partial charge in [-0.3, -0.25) is 0 Å². The predicted molar refractivity (Wildman–Crippen MR) is 69.8 cm³/mol. The zero-order valence-electron chi connectivity index (χ0n) is 11.9. The van der Waals surface area contributed by atoms with Crippen molar-refractivity contribution in [3.05, 3.63) is 11.1 Å². The average Bonchev–Trinajstić information content (AvgIpc) is 2.31. The molecular weight excluding hydrogens is 228 g/mol. The van der Waals surface area contributed by atoms with E-state index < -0.39 is 11.6 Å². The fourth-order valence-electron chi connectivity index (χ4n) is 3.03. The Morgan fingerprint density at radius 2 is 1.67 bits per heavy atom. The van der Waals surface area contributed by atoms with Crippen LogP contribution in [0.2, 0.25) is 0 Å². The smallest absolute Gasteiger partial charge is 0.211 e. The van der Waals surface area contributed by atoms with Gasteiger partial charge in [0.25, 0.3) is 0 Å². The van der Waals surface area contributed by atoms with Gasteiger partial charge in [-0.1, -0.05) is 26.3 Å². The van der Waals surface area contributed by atoms with E-state index in [0.717, 1.165) is 5.57 Å². The minimum Gasteiger partial charge on any atom is -0.211 e. The molecule has 98 valence electrons. The Balaban J connectivity index is 3.63. The van der Waals surface area contributed by atoms with Crippen LogP contribution >= 0.6 is 0 Å². The van der Waals surface area contributed by atoms with Crippen LogP contribution in [0.5, 0.6) is 0 Å². The van der Waals surface area contributed by atoms with Crippen molar-refractivity contribution < 1.29 is 9.59 Å². The van der Waals surface area contributed by atoms with Crippen molar-refractivity contribution in [3.8, 4) is 0 Å². The molecule has 0 radical (unpaired) electrons. The van der Waals surface area contributed by atoms with Gasteiger partial charge >= 0.3 is 0 Å². The van der Waals surface area contributed by atoms with Gasteiger partial charge in [-0.15, -0.1) is 0 Å². The van der Waals surface area contributed by atoms with Gasteiger partial charge in [0.1, 0.15) is 5.54 Å². The van der Waals surface area contributed by atoms with E-state index in [2.05, 4.69) is 16.9 Å². The Bertz CT molecular complexity index is 480. The zero-order chi connectivity index (χ0) is 14.1. The lowest BCUT2D eigenvalue weighted by molar-refractivity contribution is 0.140. The Hall–Kier alpha value is -1.50. The summed E-state index contributed by atoms with van der Waals surface area (Å²) in [7, 11) is 0. The standard InChI is InChI=1S/C14H20N2O2/c1-9-10(2)13(4,5)12(15-7-17)14(6,11(9)3)16-8-18/h10,12H,1-6H3. The third kappa shape index (κ3) is 1.88. The normalized spacial score (nSPS) is 34.6. The minimum atomic E-state index is -0.806. The molecule has 0 saturated carbocycles. The molecule has 3 atom stereocenters. The Morgan fingerprint density at radius 3 is 2.11 bits per heavy atom. The Kier molecular flexibility index (Phi) is 3.75. The van der Waals surface area contributed by atoms with Crippen molar-refractivity contribution in [1.29, 1.82) is 0 Å². The quantitative estimate of drug-likeness (QED) is 0.428. The van der Waals surface area contributed by atoms with Crippen molar-refractivity contribution in [2.75, 3.05) is 0 Å². The maximum Gasteiger partial charge on any atom is 0.235 e. The summed E-state index contributed by atoms with van der Waals surface area (Å²) in [5, 5.41) is 0. The first-order valence-electron chi connectivity index (χ1n) is 6.07. The van der Waals surface area contributed by atoms with Gasteiger partial charge in [0.2, 0.25) is 12.2 Å². The highest BCUT2D eigenvalue weighted by atomic mass is 16.1. The van der Waals surface area contributed by atoms with Crippen molar-refractivity contribution in [2.45, 2.75) is 53.1 Å². The van der Waals surface area contributed by atoms with Crippen LogP contribution < -0.4 is 0 Å². The second-order valence-corrected chi connectivity index (χ2v) is 5.82. The number of hydrogen-bond donors (Lipinski definition) is 0. The summed E-state index contributed by atoms with van der Waals surface area (Å²) in [4.78, 5) is 29.3. The lowest BCUT2D eigenvalue weighted by Crippen LogP contribution is -2.53. The molecule has 0 amide bonds. The molecule has 0 heterocycles. The van der Waals surface area contributed by atoms with E-state index in [9.17, 15) is 9.59 Å². The van der Waals surface area contributed by atoms with Crippen molar-refractivity contribution in [1.82, 2.24) is 0 Å². The summed E-state index contributed by atoms with van der Waals surface area (Å²) in [6, 6.07) is -0.400. The Morgan fingerprint density at radius 1 is 1.11 bits per heavy atom. The summed E-state index contributed by atoms with van der Waals surface area (Å²) in [6.07, 6.45) is 3.25. The van der Waals surface area contributed by atoms with Crippen molar-refractivity contribution >= 4 is 12.2 Å². The average molecular weight is 248 g/mol. The molecule has 18 heavy (non-hydrogen) atoms. The van der Waals surface area contributed by atoms with Crippen molar-refractivity contribution in [3.63, 3.8) is 0 Å². The summed E-state index contributed by atoms with van der Waals surface area (Å²) < 4.78 is 0. The van der Waals surface area contributed by atoms with E-state index in [1.165, 1.54) is 5.57 Å². The highest BCUT2D eigenvalue weighted by molar-refractivity contribution is 5.45. The molecule has 0 spiro atoms. The number of carbonyl (C=O) groups excluding carboxylic acids is 2. The maximum atomic E-state index is 10.7. The minimum absolute atomic E-state index is 0.259. The first-order chi connectivity index (χ1) is 8.23. The summed E-state index contributed by atoms with van der Waals surface area (Å²) in [5.41, 5.74) is 1.11. The van der Waals surface area contributed by atoms with E-state index in [1.807, 2.05) is 34.6 Å². The van der Waals surface area contributed by atoms with Gasteiger partial charge in [0.15, 0.2) is 0 Å². The van der Waals surface area contributed by atoms with Gasteiger partial charge in [-0.05, 0) is 37.7 Å². The lowest BCUT2D eigenvalue weighted by Gasteiger charge is -2.49. The predicted octanol–water partition coefficient (Wildman–Crippen LogP) is 2.80. The van der Waals surface area contributed by atoms with Crippen LogP contribution in [-0.2, 0) is 9.59 Å². The molecule has 0 aromatic carbocycles. The van der Waals surface area contributed by atoms with E-state index in [4.69, 9.17) is 0 Å². The summed E-state index contributed by atoms with van der Waals surface area (Å²) in [6.45, 7) is 12.0. The van der Waals surface area contributed by atoms with Crippen LogP contribution in [0.15, 0.2) is 21.1 Å². The number of aliphatic imine (C=N–C) groups is 2. The molecule has 4 heteroatoms. The molecule has 1 aliphatic rings. The third-order valence-electron chi connectivity index (χ3n) is 4.81. The second-order valence-electron chi connectivity index (χ2n) is 5.82. The largest absolute Gasteiger partial charge is 0.235 e. The first-order valence-corrected chi connectivity index (χ1v) is 6.07. The van der Waals surface area contributed by atoms with E-state index in [1.54, 1.807) is 12.2 Å². The highest BCUT2D eigenvalue weighted by Crippen LogP contribution is 2.50. The van der Waals surface area contributed by atoms with Gasteiger partial charge in [-0.25, -0.2) is 9.59 Å². The van der Waals surface area contributed by atoms with E-state index in [0.29, 0.717) is 0 Å². The second kappa shape index (κ2) is 4.64. The molecule has 3 unspecified atom stereocenters. The zero-order valence-corrected chi connectivity index (χ0v) is 11.9. The van der Waals surface area contributed by atoms with Crippen LogP contribution in [0, 0.1) is 11.3 Å². The van der Waals surface area contributed by atoms with Gasteiger partial charge in [0, 0.05) is 0 Å². The SMILES string of the molecule is CC1=C(C)C(C)(N=C=O)C(N=C=O)C(C)(C)C1C. The molecule has 0 saturated heterocycles. The summed E-state index contributed by atoms with van der Waals surface area (Å²) in [5.74, 6) is 0.259. The molecule has 1 rings (SSSR count). The molecule has 0 aliphatic heterocycles. The van der Waals surface area contributed by atoms with Gasteiger partial charge in [0.05, 0.1) is 6.04 Å². The first kappa shape index (κ1) is 14.6. The number of allylic oxidation sites excluding steroid dienone is 1. The van der Waals surface area contributed by atoms with Crippen LogP contribution in [-0.4, -0.2) is 23.7 Å². The molecule has 0 aromatic rings. The monoisotopic (exact) mass is 248 g/mol. The topological polar surface area (TPSA) is 58.9 Å². The molecule has 0 fully saturated rings. The lowest BCUT2D eigenvalue weighted by atomic mass is 9.58. The Labute approximate surface area is 108 Å². The number of rotatable bonds is 2. The van der Waals surface area contributed by atoms with Crippen LogP contribution in [0.25, 0.3) is 0 Å². The molecule has 0 aromatic heterocycles. The molecule has 0 bridgehead atoms. The van der Waals surface area contributed by atoms with Crippen LogP contribution in [0.1, 0.15) is 41.5 Å². The van der Waals surface area contributed by atoms with Gasteiger partial charge in [-0.2, -0.15) is 9.98 Å². The third-order valence-corrected chi connectivity index (χ3v) is 4.81. The van der Waals surface area contributed by atoms with Gasteiger partial charge < -0.3 is 0 Å². The number of isocyanates is 2. The molecule has 1 aliphatic carbocycles. The number of nitrogens with zero attached hydrogens (tertiary/aromatic N) is 2. The van der Waals surface area contributed by atoms with E-state index in [-0.39, 0.29) is 11.3 Å². The molecule has 0 N–H and O–H groups in total.